The van der Waals surface area contributed by atoms with Crippen molar-refractivity contribution in [3.8, 4) is 0 Å². The molecule has 3 aromatic heterocycles. The van der Waals surface area contributed by atoms with Gasteiger partial charge in [0.25, 0.3) is 6.43 Å². The standard InChI is InChI=1S/C22H22F2N6O/c1-13-4-6-16(7-5-13)10-29-11-17(9-25-29)27-19(31)12-30-22-20(15(3)28-30)18(21(23)24)8-14(2)26-22/h4-9,11,21H,10,12H2,1-3H3,(H,27,31). The number of carbonyl (C=O) groups excluding carboxylic acids is 1. The lowest BCUT2D eigenvalue weighted by Gasteiger charge is -2.06. The van der Waals surface area contributed by atoms with Crippen LogP contribution in [0.5, 0.6) is 0 Å². The molecule has 1 amide bonds. The van der Waals surface area contributed by atoms with Crippen LogP contribution < -0.4 is 5.32 Å². The molecule has 0 radical (unpaired) electrons. The maximum absolute atomic E-state index is 13.4. The van der Waals surface area contributed by atoms with Gasteiger partial charge >= 0.3 is 0 Å². The number of amides is 1. The number of nitrogens with one attached hydrogen (secondary N) is 1. The largest absolute Gasteiger partial charge is 0.322 e. The molecule has 0 spiro atoms. The molecule has 0 aliphatic carbocycles. The first-order valence-electron chi connectivity index (χ1n) is 9.81. The van der Waals surface area contributed by atoms with Gasteiger partial charge in [-0.2, -0.15) is 10.2 Å². The number of hydrogen-bond donors (Lipinski definition) is 1. The van der Waals surface area contributed by atoms with Gasteiger partial charge in [0, 0.05) is 17.5 Å². The van der Waals surface area contributed by atoms with Gasteiger partial charge < -0.3 is 5.32 Å². The highest BCUT2D eigenvalue weighted by Gasteiger charge is 2.20. The average molecular weight is 424 g/mol. The van der Waals surface area contributed by atoms with E-state index < -0.39 is 6.43 Å². The summed E-state index contributed by atoms with van der Waals surface area (Å²) in [7, 11) is 0. The van der Waals surface area contributed by atoms with Gasteiger partial charge in [-0.3, -0.25) is 9.48 Å². The molecule has 0 aliphatic rings. The van der Waals surface area contributed by atoms with Crippen molar-refractivity contribution in [2.24, 2.45) is 0 Å². The maximum Gasteiger partial charge on any atom is 0.264 e. The van der Waals surface area contributed by atoms with Gasteiger partial charge in [-0.15, -0.1) is 0 Å². The number of halogens is 2. The molecule has 4 rings (SSSR count). The van der Waals surface area contributed by atoms with Gasteiger partial charge in [-0.25, -0.2) is 18.4 Å². The van der Waals surface area contributed by atoms with Gasteiger partial charge in [0.15, 0.2) is 5.65 Å². The second-order valence-electron chi connectivity index (χ2n) is 7.56. The summed E-state index contributed by atoms with van der Waals surface area (Å²) in [6.07, 6.45) is 0.658. The molecule has 160 valence electrons. The molecule has 3 heterocycles. The van der Waals surface area contributed by atoms with Crippen LogP contribution in [-0.2, 0) is 17.9 Å². The summed E-state index contributed by atoms with van der Waals surface area (Å²) < 4.78 is 30.0. The van der Waals surface area contributed by atoms with Crippen LogP contribution in [0, 0.1) is 20.8 Å². The quantitative estimate of drug-likeness (QED) is 0.504. The van der Waals surface area contributed by atoms with Gasteiger partial charge in [-0.05, 0) is 32.4 Å². The number of rotatable bonds is 6. The number of pyridine rings is 1. The molecule has 0 aliphatic heterocycles. The topological polar surface area (TPSA) is 77.6 Å². The molecule has 0 bridgehead atoms. The fourth-order valence-electron chi connectivity index (χ4n) is 3.53. The van der Waals surface area contributed by atoms with Crippen molar-refractivity contribution in [2.45, 2.75) is 40.3 Å². The molecule has 0 saturated carbocycles. The number of benzene rings is 1. The van der Waals surface area contributed by atoms with E-state index in [2.05, 4.69) is 20.5 Å². The zero-order valence-corrected chi connectivity index (χ0v) is 17.4. The van der Waals surface area contributed by atoms with Crippen molar-refractivity contribution in [3.63, 3.8) is 0 Å². The molecule has 7 nitrogen and oxygen atoms in total. The number of hydrogen-bond acceptors (Lipinski definition) is 4. The van der Waals surface area contributed by atoms with E-state index in [9.17, 15) is 13.6 Å². The van der Waals surface area contributed by atoms with Gasteiger partial charge in [0.05, 0.1) is 29.5 Å². The molecular formula is C22H22F2N6O. The second kappa shape index (κ2) is 8.25. The first-order chi connectivity index (χ1) is 14.8. The Kier molecular flexibility index (Phi) is 5.50. The number of nitrogens with zero attached hydrogens (tertiary/aromatic N) is 5. The van der Waals surface area contributed by atoms with Crippen LogP contribution in [-0.4, -0.2) is 30.5 Å². The minimum Gasteiger partial charge on any atom is -0.322 e. The highest BCUT2D eigenvalue weighted by atomic mass is 19.3. The third-order valence-corrected chi connectivity index (χ3v) is 4.95. The first kappa shape index (κ1) is 20.6. The SMILES string of the molecule is Cc1ccc(Cn2cc(NC(=O)Cn3nc(C)c4c(C(F)F)cc(C)nc43)cn2)cc1. The van der Waals surface area contributed by atoms with E-state index in [-0.39, 0.29) is 23.7 Å². The fourth-order valence-corrected chi connectivity index (χ4v) is 3.53. The van der Waals surface area contributed by atoms with Crippen LogP contribution >= 0.6 is 0 Å². The molecule has 1 N–H and O–H groups in total. The molecule has 1 aromatic carbocycles. The highest BCUT2D eigenvalue weighted by Crippen LogP contribution is 2.29. The zero-order chi connectivity index (χ0) is 22.1. The predicted molar refractivity (Wildman–Crippen MR) is 113 cm³/mol. The van der Waals surface area contributed by atoms with Crippen LogP contribution in [0.1, 0.15) is 34.5 Å². The summed E-state index contributed by atoms with van der Waals surface area (Å²) in [5, 5.41) is 11.6. The molecule has 0 unspecified atom stereocenters. The molecule has 0 atom stereocenters. The number of fused-ring (bicyclic) bond motifs is 1. The van der Waals surface area contributed by atoms with Gasteiger partial charge in [-0.1, -0.05) is 29.8 Å². The maximum atomic E-state index is 13.4. The lowest BCUT2D eigenvalue weighted by molar-refractivity contribution is -0.116. The number of anilines is 1. The van der Waals surface area contributed by atoms with Crippen molar-refractivity contribution in [1.29, 1.82) is 0 Å². The molecular weight excluding hydrogens is 402 g/mol. The van der Waals surface area contributed by atoms with Crippen molar-refractivity contribution < 1.29 is 13.6 Å². The summed E-state index contributed by atoms with van der Waals surface area (Å²) in [5.74, 6) is -0.346. The second-order valence-corrected chi connectivity index (χ2v) is 7.56. The van der Waals surface area contributed by atoms with E-state index in [4.69, 9.17) is 0 Å². The predicted octanol–water partition coefficient (Wildman–Crippen LogP) is 4.18. The van der Waals surface area contributed by atoms with Gasteiger partial charge in [0.1, 0.15) is 6.54 Å². The Labute approximate surface area is 177 Å². The minimum atomic E-state index is -2.64. The summed E-state index contributed by atoms with van der Waals surface area (Å²) in [4.78, 5) is 16.9. The van der Waals surface area contributed by atoms with Crippen molar-refractivity contribution in [1.82, 2.24) is 24.5 Å². The van der Waals surface area contributed by atoms with E-state index in [1.165, 1.54) is 16.3 Å². The van der Waals surface area contributed by atoms with Crippen molar-refractivity contribution >= 4 is 22.6 Å². The smallest absolute Gasteiger partial charge is 0.264 e. The molecule has 0 fully saturated rings. The van der Waals surface area contributed by atoms with Crippen molar-refractivity contribution in [3.05, 3.63) is 70.8 Å². The Bertz CT molecular complexity index is 1240. The minimum absolute atomic E-state index is 0.121. The number of aromatic nitrogens is 5. The van der Waals surface area contributed by atoms with Crippen molar-refractivity contribution in [2.75, 3.05) is 5.32 Å². The first-order valence-corrected chi connectivity index (χ1v) is 9.81. The molecule has 0 saturated heterocycles. The number of carbonyl (C=O) groups is 1. The Balaban J connectivity index is 1.49. The van der Waals surface area contributed by atoms with E-state index in [0.717, 1.165) is 5.56 Å². The Hall–Kier alpha value is -3.62. The fraction of sp³-hybridized carbons (Fsp3) is 0.273. The number of alkyl halides is 2. The lowest BCUT2D eigenvalue weighted by atomic mass is 10.1. The normalized spacial score (nSPS) is 11.4. The van der Waals surface area contributed by atoms with Crippen LogP contribution in [0.15, 0.2) is 42.7 Å². The zero-order valence-electron chi connectivity index (χ0n) is 17.4. The summed E-state index contributed by atoms with van der Waals surface area (Å²) >= 11 is 0. The van der Waals surface area contributed by atoms with Crippen LogP contribution in [0.4, 0.5) is 14.5 Å². The monoisotopic (exact) mass is 424 g/mol. The summed E-state index contributed by atoms with van der Waals surface area (Å²) in [6, 6.07) is 9.49. The van der Waals surface area contributed by atoms with Crippen LogP contribution in [0.25, 0.3) is 11.0 Å². The Morgan fingerprint density at radius 1 is 1.16 bits per heavy atom. The van der Waals surface area contributed by atoms with Crippen LogP contribution in [0.3, 0.4) is 0 Å². The third kappa shape index (κ3) is 4.45. The van der Waals surface area contributed by atoms with Gasteiger partial charge in [0.2, 0.25) is 5.91 Å². The average Bonchev–Trinajstić information content (AvgIpc) is 3.27. The summed E-state index contributed by atoms with van der Waals surface area (Å²) in [5.41, 5.74) is 3.84. The number of aryl methyl sites for hydroxylation is 3. The van der Waals surface area contributed by atoms with E-state index in [0.29, 0.717) is 29.0 Å². The Morgan fingerprint density at radius 3 is 2.61 bits per heavy atom. The molecule has 31 heavy (non-hydrogen) atoms. The molecule has 4 aromatic rings. The van der Waals surface area contributed by atoms with E-state index in [1.54, 1.807) is 30.9 Å². The Morgan fingerprint density at radius 2 is 1.90 bits per heavy atom. The van der Waals surface area contributed by atoms with E-state index >= 15 is 0 Å². The molecule has 9 heteroatoms. The third-order valence-electron chi connectivity index (χ3n) is 4.95. The van der Waals surface area contributed by atoms with E-state index in [1.807, 2.05) is 31.2 Å². The summed E-state index contributed by atoms with van der Waals surface area (Å²) in [6.45, 7) is 5.74. The van der Waals surface area contributed by atoms with Crippen LogP contribution in [0.2, 0.25) is 0 Å². The highest BCUT2D eigenvalue weighted by molar-refractivity contribution is 5.91. The lowest BCUT2D eigenvalue weighted by Crippen LogP contribution is -2.19.